The molecule has 1 aliphatic heterocycles. The lowest BCUT2D eigenvalue weighted by Crippen LogP contribution is -2.24. The van der Waals surface area contributed by atoms with Gasteiger partial charge in [0.05, 0.1) is 11.9 Å². The molecular weight excluding hydrogens is 250 g/mol. The Balaban J connectivity index is 1.53. The van der Waals surface area contributed by atoms with Crippen molar-refractivity contribution in [1.82, 2.24) is 9.88 Å². The topological polar surface area (TPSA) is 51.4 Å². The number of nitrogens with zero attached hydrogens (tertiary/aromatic N) is 2. The second kappa shape index (κ2) is 5.92. The van der Waals surface area contributed by atoms with E-state index in [2.05, 4.69) is 34.1 Å². The molecule has 4 heteroatoms. The molecule has 1 atom stereocenters. The third kappa shape index (κ3) is 3.27. The number of nitrogens with two attached hydrogens (primary N) is 1. The van der Waals surface area contributed by atoms with Gasteiger partial charge < -0.3 is 10.5 Å². The van der Waals surface area contributed by atoms with E-state index in [1.165, 1.54) is 5.56 Å². The maximum Gasteiger partial charge on any atom is 0.213 e. The molecule has 1 unspecified atom stereocenters. The van der Waals surface area contributed by atoms with Gasteiger partial charge in [-0.15, -0.1) is 0 Å². The summed E-state index contributed by atoms with van der Waals surface area (Å²) in [6.45, 7) is 2.99. The summed E-state index contributed by atoms with van der Waals surface area (Å²) in [5, 5.41) is 0. The molecule has 0 spiro atoms. The van der Waals surface area contributed by atoms with Crippen molar-refractivity contribution in [3.8, 4) is 5.88 Å². The second-order valence-electron chi connectivity index (χ2n) is 5.18. The SMILES string of the molecule is Nc1ccc(OC2CCN(Cc3ccccc3)C2)nc1. The van der Waals surface area contributed by atoms with Crippen LogP contribution in [0.3, 0.4) is 0 Å². The number of ether oxygens (including phenoxy) is 1. The number of hydrogen-bond donors (Lipinski definition) is 1. The predicted octanol–water partition coefficient (Wildman–Crippen LogP) is 2.32. The molecule has 4 nitrogen and oxygen atoms in total. The molecule has 1 aromatic carbocycles. The van der Waals surface area contributed by atoms with Crippen molar-refractivity contribution in [1.29, 1.82) is 0 Å². The molecule has 0 radical (unpaired) electrons. The van der Waals surface area contributed by atoms with E-state index >= 15 is 0 Å². The van der Waals surface area contributed by atoms with E-state index in [1.54, 1.807) is 6.20 Å². The number of hydrogen-bond acceptors (Lipinski definition) is 4. The third-order valence-electron chi connectivity index (χ3n) is 3.52. The van der Waals surface area contributed by atoms with Crippen molar-refractivity contribution >= 4 is 5.69 Å². The zero-order valence-electron chi connectivity index (χ0n) is 11.4. The molecule has 2 heterocycles. The first kappa shape index (κ1) is 12.9. The fourth-order valence-electron chi connectivity index (χ4n) is 2.51. The van der Waals surface area contributed by atoms with E-state index in [0.717, 1.165) is 26.1 Å². The first-order chi connectivity index (χ1) is 9.79. The number of benzene rings is 1. The minimum atomic E-state index is 0.217. The number of aromatic nitrogens is 1. The number of anilines is 1. The summed E-state index contributed by atoms with van der Waals surface area (Å²) in [5.74, 6) is 0.658. The lowest BCUT2D eigenvalue weighted by molar-refractivity contribution is 0.191. The van der Waals surface area contributed by atoms with Gasteiger partial charge in [0.15, 0.2) is 0 Å². The van der Waals surface area contributed by atoms with Crippen molar-refractivity contribution < 1.29 is 4.74 Å². The van der Waals surface area contributed by atoms with Crippen LogP contribution in [0.1, 0.15) is 12.0 Å². The highest BCUT2D eigenvalue weighted by Gasteiger charge is 2.24. The Bertz CT molecular complexity index is 541. The van der Waals surface area contributed by atoms with Gasteiger partial charge in [0.1, 0.15) is 6.10 Å². The van der Waals surface area contributed by atoms with Crippen LogP contribution < -0.4 is 10.5 Å². The quantitative estimate of drug-likeness (QED) is 0.925. The molecule has 0 aliphatic carbocycles. The Morgan fingerprint density at radius 1 is 1.20 bits per heavy atom. The predicted molar refractivity (Wildman–Crippen MR) is 79.4 cm³/mol. The minimum Gasteiger partial charge on any atom is -0.473 e. The van der Waals surface area contributed by atoms with E-state index in [-0.39, 0.29) is 6.10 Å². The molecule has 104 valence electrons. The fraction of sp³-hybridized carbons (Fsp3) is 0.312. The molecule has 1 aliphatic rings. The summed E-state index contributed by atoms with van der Waals surface area (Å²) in [7, 11) is 0. The Kier molecular flexibility index (Phi) is 3.83. The van der Waals surface area contributed by atoms with Crippen LogP contribution in [-0.2, 0) is 6.54 Å². The van der Waals surface area contributed by atoms with Gasteiger partial charge in [-0.25, -0.2) is 4.98 Å². The van der Waals surface area contributed by atoms with Crippen LogP contribution in [0.4, 0.5) is 5.69 Å². The van der Waals surface area contributed by atoms with Gasteiger partial charge in [-0.3, -0.25) is 4.90 Å². The zero-order chi connectivity index (χ0) is 13.8. The van der Waals surface area contributed by atoms with Crippen LogP contribution in [0.15, 0.2) is 48.7 Å². The largest absolute Gasteiger partial charge is 0.473 e. The minimum absolute atomic E-state index is 0.217. The van der Waals surface area contributed by atoms with Crippen LogP contribution in [0.2, 0.25) is 0 Å². The van der Waals surface area contributed by atoms with E-state index in [1.807, 2.05) is 18.2 Å². The Hall–Kier alpha value is -2.07. The van der Waals surface area contributed by atoms with E-state index in [0.29, 0.717) is 11.6 Å². The van der Waals surface area contributed by atoms with Crippen molar-refractivity contribution in [2.75, 3.05) is 18.8 Å². The molecule has 0 bridgehead atoms. The summed E-state index contributed by atoms with van der Waals surface area (Å²) in [6, 6.07) is 14.2. The molecule has 1 saturated heterocycles. The number of rotatable bonds is 4. The fourth-order valence-corrected chi connectivity index (χ4v) is 2.51. The summed E-state index contributed by atoms with van der Waals surface area (Å²) in [4.78, 5) is 6.60. The van der Waals surface area contributed by atoms with Crippen molar-refractivity contribution in [2.24, 2.45) is 0 Å². The first-order valence-electron chi connectivity index (χ1n) is 6.94. The van der Waals surface area contributed by atoms with Crippen LogP contribution in [-0.4, -0.2) is 29.1 Å². The molecule has 2 aromatic rings. The molecule has 3 rings (SSSR count). The number of pyridine rings is 1. The summed E-state index contributed by atoms with van der Waals surface area (Å²) < 4.78 is 5.89. The van der Waals surface area contributed by atoms with Gasteiger partial charge in [0, 0.05) is 25.7 Å². The van der Waals surface area contributed by atoms with Gasteiger partial charge in [0.25, 0.3) is 0 Å². The number of likely N-dealkylation sites (tertiary alicyclic amines) is 1. The first-order valence-corrected chi connectivity index (χ1v) is 6.94. The maximum absolute atomic E-state index is 5.89. The highest BCUT2D eigenvalue weighted by Crippen LogP contribution is 2.18. The van der Waals surface area contributed by atoms with Gasteiger partial charge in [0.2, 0.25) is 5.88 Å². The van der Waals surface area contributed by atoms with Crippen molar-refractivity contribution in [3.63, 3.8) is 0 Å². The molecular formula is C16H19N3O. The highest BCUT2D eigenvalue weighted by atomic mass is 16.5. The Morgan fingerprint density at radius 2 is 2.05 bits per heavy atom. The molecule has 0 amide bonds. The van der Waals surface area contributed by atoms with E-state index < -0.39 is 0 Å². The molecule has 20 heavy (non-hydrogen) atoms. The third-order valence-corrected chi connectivity index (χ3v) is 3.52. The van der Waals surface area contributed by atoms with Gasteiger partial charge in [-0.2, -0.15) is 0 Å². The van der Waals surface area contributed by atoms with Crippen molar-refractivity contribution in [2.45, 2.75) is 19.1 Å². The monoisotopic (exact) mass is 269 g/mol. The van der Waals surface area contributed by atoms with Crippen LogP contribution in [0, 0.1) is 0 Å². The van der Waals surface area contributed by atoms with Crippen molar-refractivity contribution in [3.05, 3.63) is 54.2 Å². The maximum atomic E-state index is 5.89. The molecule has 0 saturated carbocycles. The average molecular weight is 269 g/mol. The Morgan fingerprint density at radius 3 is 2.80 bits per heavy atom. The standard InChI is InChI=1S/C16H19N3O/c17-14-6-7-16(18-10-14)20-15-8-9-19(12-15)11-13-4-2-1-3-5-13/h1-7,10,15H,8-9,11-12,17H2. The zero-order valence-corrected chi connectivity index (χ0v) is 11.4. The van der Waals surface area contributed by atoms with E-state index in [9.17, 15) is 0 Å². The lowest BCUT2D eigenvalue weighted by Gasteiger charge is -2.16. The second-order valence-corrected chi connectivity index (χ2v) is 5.18. The molecule has 1 aromatic heterocycles. The van der Waals surface area contributed by atoms with Gasteiger partial charge in [-0.1, -0.05) is 30.3 Å². The van der Waals surface area contributed by atoms with Crippen LogP contribution in [0.5, 0.6) is 5.88 Å². The Labute approximate surface area is 119 Å². The summed E-state index contributed by atoms with van der Waals surface area (Å²) in [6.07, 6.45) is 2.89. The van der Waals surface area contributed by atoms with Crippen LogP contribution in [0.25, 0.3) is 0 Å². The summed E-state index contributed by atoms with van der Waals surface area (Å²) >= 11 is 0. The smallest absolute Gasteiger partial charge is 0.213 e. The summed E-state index contributed by atoms with van der Waals surface area (Å²) in [5.41, 5.74) is 7.62. The van der Waals surface area contributed by atoms with Crippen LogP contribution >= 0.6 is 0 Å². The number of nitrogen functional groups attached to an aromatic ring is 1. The van der Waals surface area contributed by atoms with E-state index in [4.69, 9.17) is 10.5 Å². The normalized spacial score (nSPS) is 19.1. The van der Waals surface area contributed by atoms with Gasteiger partial charge >= 0.3 is 0 Å². The average Bonchev–Trinajstić information content (AvgIpc) is 2.90. The van der Waals surface area contributed by atoms with Gasteiger partial charge in [-0.05, 0) is 18.1 Å². The lowest BCUT2D eigenvalue weighted by atomic mass is 10.2. The molecule has 1 fully saturated rings. The highest BCUT2D eigenvalue weighted by molar-refractivity contribution is 5.36. The molecule has 2 N–H and O–H groups in total.